The van der Waals surface area contributed by atoms with E-state index in [1.54, 1.807) is 16.7 Å². The van der Waals surface area contributed by atoms with Crippen molar-refractivity contribution in [3.63, 3.8) is 0 Å². The van der Waals surface area contributed by atoms with E-state index in [-0.39, 0.29) is 5.91 Å². The van der Waals surface area contributed by atoms with E-state index in [1.807, 2.05) is 6.07 Å². The predicted molar refractivity (Wildman–Crippen MR) is 70.2 cm³/mol. The average Bonchev–Trinajstić information content (AvgIpc) is 2.71. The highest BCUT2D eigenvalue weighted by Gasteiger charge is 2.03. The van der Waals surface area contributed by atoms with Crippen molar-refractivity contribution in [2.24, 2.45) is 11.7 Å². The first kappa shape index (κ1) is 14.2. The lowest BCUT2D eigenvalue weighted by atomic mass is 10.2. The Morgan fingerprint density at radius 3 is 2.94 bits per heavy atom. The molecule has 4 nitrogen and oxygen atoms in total. The zero-order valence-corrected chi connectivity index (χ0v) is 11.2. The molecule has 0 spiro atoms. The highest BCUT2D eigenvalue weighted by Crippen LogP contribution is 2.13. The molecule has 0 fully saturated rings. The van der Waals surface area contributed by atoms with Gasteiger partial charge < -0.3 is 15.8 Å². The van der Waals surface area contributed by atoms with Gasteiger partial charge in [-0.3, -0.25) is 4.79 Å². The van der Waals surface area contributed by atoms with Crippen LogP contribution in [0, 0.1) is 5.92 Å². The van der Waals surface area contributed by atoms with Crippen LogP contribution in [0.15, 0.2) is 11.4 Å². The minimum absolute atomic E-state index is 0.368. The van der Waals surface area contributed by atoms with Gasteiger partial charge in [0.1, 0.15) is 0 Å². The molecule has 0 saturated carbocycles. The molecule has 1 heterocycles. The molecular formula is C12H20N2O2S. The lowest BCUT2D eigenvalue weighted by molar-refractivity contribution is 0.100. The standard InChI is InChI=1S/C12H20N2O2S/c1-9(2)7-16-4-3-14-6-11-5-10(8-17-11)12(13)15/h5,8-9,14H,3-4,6-7H2,1-2H3,(H2,13,15). The molecule has 1 aromatic rings. The number of rotatable bonds is 8. The maximum Gasteiger partial charge on any atom is 0.249 e. The Morgan fingerprint density at radius 1 is 1.59 bits per heavy atom. The molecule has 0 radical (unpaired) electrons. The van der Waals surface area contributed by atoms with Gasteiger partial charge in [-0.2, -0.15) is 0 Å². The number of hydrogen-bond donors (Lipinski definition) is 2. The van der Waals surface area contributed by atoms with Gasteiger partial charge in [0.25, 0.3) is 0 Å². The number of carbonyl (C=O) groups excluding carboxylic acids is 1. The fourth-order valence-corrected chi connectivity index (χ4v) is 2.12. The van der Waals surface area contributed by atoms with Gasteiger partial charge in [-0.1, -0.05) is 13.8 Å². The smallest absolute Gasteiger partial charge is 0.249 e. The van der Waals surface area contributed by atoms with E-state index in [0.717, 1.165) is 24.6 Å². The molecule has 3 N–H and O–H groups in total. The second kappa shape index (κ2) is 7.42. The van der Waals surface area contributed by atoms with Gasteiger partial charge in [-0.15, -0.1) is 11.3 Å². The maximum absolute atomic E-state index is 10.9. The van der Waals surface area contributed by atoms with Gasteiger partial charge in [-0.05, 0) is 12.0 Å². The topological polar surface area (TPSA) is 64.3 Å². The molecule has 5 heteroatoms. The quantitative estimate of drug-likeness (QED) is 0.695. The lowest BCUT2D eigenvalue weighted by Gasteiger charge is -2.07. The summed E-state index contributed by atoms with van der Waals surface area (Å²) in [4.78, 5) is 12.0. The molecule has 1 rings (SSSR count). The Hall–Kier alpha value is -0.910. The fourth-order valence-electron chi connectivity index (χ4n) is 1.28. The van der Waals surface area contributed by atoms with Crippen molar-refractivity contribution in [2.45, 2.75) is 20.4 Å². The van der Waals surface area contributed by atoms with Crippen LogP contribution in [0.4, 0.5) is 0 Å². The summed E-state index contributed by atoms with van der Waals surface area (Å²) in [5.41, 5.74) is 5.76. The van der Waals surface area contributed by atoms with Crippen LogP contribution < -0.4 is 11.1 Å². The van der Waals surface area contributed by atoms with E-state index in [0.29, 0.717) is 18.1 Å². The van der Waals surface area contributed by atoms with Crippen molar-refractivity contribution in [3.05, 3.63) is 21.9 Å². The summed E-state index contributed by atoms with van der Waals surface area (Å²) in [5.74, 6) is 0.207. The van der Waals surface area contributed by atoms with Gasteiger partial charge in [0.05, 0.1) is 12.2 Å². The molecule has 1 amide bonds. The van der Waals surface area contributed by atoms with Gasteiger partial charge in [0, 0.05) is 30.0 Å². The van der Waals surface area contributed by atoms with Crippen molar-refractivity contribution >= 4 is 17.2 Å². The average molecular weight is 256 g/mol. The first-order chi connectivity index (χ1) is 8.09. The highest BCUT2D eigenvalue weighted by molar-refractivity contribution is 7.10. The summed E-state index contributed by atoms with van der Waals surface area (Å²) in [7, 11) is 0. The third kappa shape index (κ3) is 5.81. The van der Waals surface area contributed by atoms with E-state index in [1.165, 1.54) is 0 Å². The zero-order valence-electron chi connectivity index (χ0n) is 10.4. The SMILES string of the molecule is CC(C)COCCNCc1cc(C(N)=O)cs1. The summed E-state index contributed by atoms with van der Waals surface area (Å²) < 4.78 is 5.44. The summed E-state index contributed by atoms with van der Waals surface area (Å²) in [6, 6.07) is 1.83. The molecular weight excluding hydrogens is 236 g/mol. The predicted octanol–water partition coefficient (Wildman–Crippen LogP) is 1.61. The van der Waals surface area contributed by atoms with Crippen LogP contribution >= 0.6 is 11.3 Å². The Bertz CT molecular complexity index is 350. The fraction of sp³-hybridized carbons (Fsp3) is 0.583. The van der Waals surface area contributed by atoms with Gasteiger partial charge in [0.2, 0.25) is 5.91 Å². The third-order valence-electron chi connectivity index (χ3n) is 2.11. The van der Waals surface area contributed by atoms with E-state index >= 15 is 0 Å². The van der Waals surface area contributed by atoms with Crippen LogP contribution in [-0.2, 0) is 11.3 Å². The molecule has 0 bridgehead atoms. The Balaban J connectivity index is 2.11. The van der Waals surface area contributed by atoms with Crippen LogP contribution in [-0.4, -0.2) is 25.7 Å². The van der Waals surface area contributed by atoms with Crippen LogP contribution in [0.2, 0.25) is 0 Å². The summed E-state index contributed by atoms with van der Waals surface area (Å²) in [6.07, 6.45) is 0. The number of nitrogens with two attached hydrogens (primary N) is 1. The molecule has 1 aromatic heterocycles. The van der Waals surface area contributed by atoms with Gasteiger partial charge in [-0.25, -0.2) is 0 Å². The van der Waals surface area contributed by atoms with Gasteiger partial charge in [0.15, 0.2) is 0 Å². The van der Waals surface area contributed by atoms with Crippen molar-refractivity contribution in [3.8, 4) is 0 Å². The number of nitrogens with one attached hydrogen (secondary N) is 1. The number of thiophene rings is 1. The first-order valence-corrected chi connectivity index (χ1v) is 6.63. The van der Waals surface area contributed by atoms with Crippen molar-refractivity contribution in [1.29, 1.82) is 0 Å². The molecule has 0 aliphatic heterocycles. The van der Waals surface area contributed by atoms with Crippen molar-refractivity contribution in [1.82, 2.24) is 5.32 Å². The molecule has 0 aromatic carbocycles. The molecule has 96 valence electrons. The van der Waals surface area contributed by atoms with E-state index in [4.69, 9.17) is 10.5 Å². The molecule has 0 unspecified atom stereocenters. The van der Waals surface area contributed by atoms with E-state index in [2.05, 4.69) is 19.2 Å². The summed E-state index contributed by atoms with van der Waals surface area (Å²) in [6.45, 7) is 7.34. The highest BCUT2D eigenvalue weighted by atomic mass is 32.1. The Kier molecular flexibility index (Phi) is 6.18. The van der Waals surface area contributed by atoms with E-state index < -0.39 is 0 Å². The molecule has 0 saturated heterocycles. The number of ether oxygens (including phenoxy) is 1. The van der Waals surface area contributed by atoms with Crippen LogP contribution in [0.3, 0.4) is 0 Å². The molecule has 0 atom stereocenters. The number of primary amides is 1. The third-order valence-corrected chi connectivity index (χ3v) is 3.05. The number of carbonyl (C=O) groups is 1. The number of amides is 1. The monoisotopic (exact) mass is 256 g/mol. The summed E-state index contributed by atoms with van der Waals surface area (Å²) in [5, 5.41) is 5.05. The minimum atomic E-state index is -0.368. The van der Waals surface area contributed by atoms with Crippen LogP contribution in [0.1, 0.15) is 29.1 Å². The minimum Gasteiger partial charge on any atom is -0.380 e. The maximum atomic E-state index is 10.9. The van der Waals surface area contributed by atoms with Crippen LogP contribution in [0.25, 0.3) is 0 Å². The molecule has 0 aliphatic carbocycles. The molecule has 17 heavy (non-hydrogen) atoms. The zero-order chi connectivity index (χ0) is 12.7. The second-order valence-corrected chi connectivity index (χ2v) is 5.31. The Labute approximate surface area is 106 Å². The van der Waals surface area contributed by atoms with Gasteiger partial charge >= 0.3 is 0 Å². The van der Waals surface area contributed by atoms with Crippen LogP contribution in [0.5, 0.6) is 0 Å². The number of hydrogen-bond acceptors (Lipinski definition) is 4. The normalized spacial score (nSPS) is 11.0. The molecule has 0 aliphatic rings. The largest absolute Gasteiger partial charge is 0.380 e. The van der Waals surface area contributed by atoms with Crippen molar-refractivity contribution in [2.75, 3.05) is 19.8 Å². The second-order valence-electron chi connectivity index (χ2n) is 4.31. The lowest BCUT2D eigenvalue weighted by Crippen LogP contribution is -2.19. The van der Waals surface area contributed by atoms with Crippen molar-refractivity contribution < 1.29 is 9.53 Å². The van der Waals surface area contributed by atoms with E-state index in [9.17, 15) is 4.79 Å². The Morgan fingerprint density at radius 2 is 2.35 bits per heavy atom. The first-order valence-electron chi connectivity index (χ1n) is 5.75. The summed E-state index contributed by atoms with van der Waals surface area (Å²) >= 11 is 1.54.